The van der Waals surface area contributed by atoms with E-state index in [0.29, 0.717) is 18.0 Å². The number of piperidine rings is 1. The Bertz CT molecular complexity index is 204. The molecule has 5 unspecified atom stereocenters. The maximum atomic E-state index is 6.08. The fourth-order valence-corrected chi connectivity index (χ4v) is 2.68. The third-order valence-corrected chi connectivity index (χ3v) is 4.51. The highest BCUT2D eigenvalue weighted by molar-refractivity contribution is 4.91. The van der Waals surface area contributed by atoms with Crippen LogP contribution in [0.2, 0.25) is 0 Å². The Morgan fingerprint density at radius 1 is 1.29 bits per heavy atom. The van der Waals surface area contributed by atoms with Gasteiger partial charge in [0.1, 0.15) is 0 Å². The molecular formula is C12H24N2. The second kappa shape index (κ2) is 3.82. The lowest BCUT2D eigenvalue weighted by Crippen LogP contribution is -2.52. The molecule has 1 aliphatic carbocycles. The van der Waals surface area contributed by atoms with E-state index in [-0.39, 0.29) is 0 Å². The predicted molar refractivity (Wildman–Crippen MR) is 60.1 cm³/mol. The number of hydrogen-bond donors (Lipinski definition) is 1. The molecule has 0 bridgehead atoms. The summed E-state index contributed by atoms with van der Waals surface area (Å²) in [6.07, 6.45) is 2.64. The van der Waals surface area contributed by atoms with Crippen LogP contribution >= 0.6 is 0 Å². The molecule has 0 spiro atoms. The molecule has 2 N–H and O–H groups in total. The van der Waals surface area contributed by atoms with E-state index in [2.05, 4.69) is 25.7 Å². The van der Waals surface area contributed by atoms with Gasteiger partial charge in [0.15, 0.2) is 0 Å². The molecule has 2 aliphatic rings. The number of hydrogen-bond acceptors (Lipinski definition) is 2. The largest absolute Gasteiger partial charge is 0.327 e. The summed E-state index contributed by atoms with van der Waals surface area (Å²) in [5.74, 6) is 2.63. The van der Waals surface area contributed by atoms with Crippen LogP contribution in [-0.2, 0) is 0 Å². The van der Waals surface area contributed by atoms with Gasteiger partial charge in [-0.25, -0.2) is 0 Å². The first-order valence-electron chi connectivity index (χ1n) is 6.09. The molecule has 2 heteroatoms. The smallest absolute Gasteiger partial charge is 0.0107 e. The van der Waals surface area contributed by atoms with Gasteiger partial charge in [0.2, 0.25) is 0 Å². The summed E-state index contributed by atoms with van der Waals surface area (Å²) < 4.78 is 0. The second-order valence-electron chi connectivity index (χ2n) is 5.52. The Balaban J connectivity index is 1.86. The van der Waals surface area contributed by atoms with Gasteiger partial charge in [-0.1, -0.05) is 13.8 Å². The second-order valence-corrected chi connectivity index (χ2v) is 5.52. The average molecular weight is 196 g/mol. The van der Waals surface area contributed by atoms with Crippen molar-refractivity contribution in [3.8, 4) is 0 Å². The minimum absolute atomic E-state index is 0.429. The molecule has 0 aromatic carbocycles. The van der Waals surface area contributed by atoms with E-state index in [0.717, 1.165) is 11.8 Å². The third-order valence-electron chi connectivity index (χ3n) is 4.51. The number of nitrogens with two attached hydrogens (primary N) is 1. The average Bonchev–Trinajstić information content (AvgIpc) is 2.83. The summed E-state index contributed by atoms with van der Waals surface area (Å²) in [6, 6.07) is 1.12. The van der Waals surface area contributed by atoms with Gasteiger partial charge in [0.25, 0.3) is 0 Å². The molecule has 2 fully saturated rings. The van der Waals surface area contributed by atoms with Gasteiger partial charge in [-0.15, -0.1) is 0 Å². The summed E-state index contributed by atoms with van der Waals surface area (Å²) in [7, 11) is 0. The van der Waals surface area contributed by atoms with Crippen molar-refractivity contribution >= 4 is 0 Å². The summed E-state index contributed by atoms with van der Waals surface area (Å²) >= 11 is 0. The van der Waals surface area contributed by atoms with Crippen LogP contribution in [0, 0.1) is 17.8 Å². The van der Waals surface area contributed by atoms with E-state index in [1.54, 1.807) is 0 Å². The molecule has 5 atom stereocenters. The molecule has 1 saturated carbocycles. The summed E-state index contributed by atoms with van der Waals surface area (Å²) in [5, 5.41) is 0. The van der Waals surface area contributed by atoms with Gasteiger partial charge in [0, 0.05) is 18.6 Å². The molecule has 0 aromatic rings. The van der Waals surface area contributed by atoms with Crippen LogP contribution in [0.3, 0.4) is 0 Å². The van der Waals surface area contributed by atoms with Gasteiger partial charge >= 0.3 is 0 Å². The van der Waals surface area contributed by atoms with Gasteiger partial charge in [-0.05, 0) is 44.1 Å². The van der Waals surface area contributed by atoms with Crippen LogP contribution in [0.25, 0.3) is 0 Å². The zero-order chi connectivity index (χ0) is 10.3. The fraction of sp³-hybridized carbons (Fsp3) is 1.00. The Labute approximate surface area is 87.8 Å². The van der Waals surface area contributed by atoms with Crippen molar-refractivity contribution in [2.45, 2.75) is 45.7 Å². The molecule has 2 nitrogen and oxygen atoms in total. The van der Waals surface area contributed by atoms with Gasteiger partial charge in [-0.3, -0.25) is 4.90 Å². The van der Waals surface area contributed by atoms with Crippen LogP contribution in [0.1, 0.15) is 33.6 Å². The molecular weight excluding hydrogens is 172 g/mol. The Morgan fingerprint density at radius 3 is 2.50 bits per heavy atom. The molecule has 1 aliphatic heterocycles. The number of likely N-dealkylation sites (tertiary alicyclic amines) is 1. The minimum Gasteiger partial charge on any atom is -0.327 e. The van der Waals surface area contributed by atoms with Crippen LogP contribution < -0.4 is 5.73 Å². The zero-order valence-electron chi connectivity index (χ0n) is 9.74. The monoisotopic (exact) mass is 196 g/mol. The van der Waals surface area contributed by atoms with Crippen LogP contribution in [0.5, 0.6) is 0 Å². The SMILES string of the molecule is CC1CC1CN1CCC(N)C(C)C1C. The van der Waals surface area contributed by atoms with Crippen LogP contribution in [-0.4, -0.2) is 30.1 Å². The summed E-state index contributed by atoms with van der Waals surface area (Å²) in [4.78, 5) is 2.65. The van der Waals surface area contributed by atoms with Crippen molar-refractivity contribution in [2.75, 3.05) is 13.1 Å². The molecule has 0 amide bonds. The Morgan fingerprint density at radius 2 is 1.93 bits per heavy atom. The highest BCUT2D eigenvalue weighted by Gasteiger charge is 2.37. The van der Waals surface area contributed by atoms with Crippen molar-refractivity contribution in [1.29, 1.82) is 0 Å². The van der Waals surface area contributed by atoms with E-state index in [9.17, 15) is 0 Å². The Hall–Kier alpha value is -0.0800. The topological polar surface area (TPSA) is 29.3 Å². The first kappa shape index (κ1) is 10.4. The first-order valence-corrected chi connectivity index (χ1v) is 6.09. The summed E-state index contributed by atoms with van der Waals surface area (Å²) in [5.41, 5.74) is 6.08. The third kappa shape index (κ3) is 1.96. The summed E-state index contributed by atoms with van der Waals surface area (Å²) in [6.45, 7) is 9.55. The molecule has 1 saturated heterocycles. The number of rotatable bonds is 2. The van der Waals surface area contributed by atoms with Crippen molar-refractivity contribution in [3.05, 3.63) is 0 Å². The van der Waals surface area contributed by atoms with Gasteiger partial charge in [0.05, 0.1) is 0 Å². The van der Waals surface area contributed by atoms with Gasteiger partial charge < -0.3 is 5.73 Å². The highest BCUT2D eigenvalue weighted by Crippen LogP contribution is 2.39. The molecule has 82 valence electrons. The van der Waals surface area contributed by atoms with Crippen molar-refractivity contribution in [1.82, 2.24) is 4.90 Å². The van der Waals surface area contributed by atoms with Gasteiger partial charge in [-0.2, -0.15) is 0 Å². The molecule has 2 rings (SSSR count). The van der Waals surface area contributed by atoms with E-state index in [4.69, 9.17) is 5.73 Å². The zero-order valence-corrected chi connectivity index (χ0v) is 9.74. The minimum atomic E-state index is 0.429. The molecule has 0 aromatic heterocycles. The van der Waals surface area contributed by atoms with Crippen molar-refractivity contribution < 1.29 is 0 Å². The molecule has 0 radical (unpaired) electrons. The number of nitrogens with zero attached hydrogens (tertiary/aromatic N) is 1. The highest BCUT2D eigenvalue weighted by atomic mass is 15.2. The maximum Gasteiger partial charge on any atom is 0.0107 e. The lowest BCUT2D eigenvalue weighted by Gasteiger charge is -2.41. The Kier molecular flexibility index (Phi) is 2.85. The van der Waals surface area contributed by atoms with Crippen LogP contribution in [0.4, 0.5) is 0 Å². The predicted octanol–water partition coefficient (Wildman–Crippen LogP) is 1.70. The first-order chi connectivity index (χ1) is 6.59. The van der Waals surface area contributed by atoms with E-state index >= 15 is 0 Å². The lowest BCUT2D eigenvalue weighted by atomic mass is 9.87. The van der Waals surface area contributed by atoms with E-state index in [1.165, 1.54) is 25.9 Å². The molecule has 14 heavy (non-hydrogen) atoms. The maximum absolute atomic E-state index is 6.08. The lowest BCUT2D eigenvalue weighted by molar-refractivity contribution is 0.0920. The normalized spacial score (nSPS) is 49.3. The fourth-order valence-electron chi connectivity index (χ4n) is 2.68. The van der Waals surface area contributed by atoms with Crippen LogP contribution in [0.15, 0.2) is 0 Å². The van der Waals surface area contributed by atoms with E-state index in [1.807, 2.05) is 0 Å². The quantitative estimate of drug-likeness (QED) is 0.728. The standard InChI is InChI=1S/C12H24N2/c1-8-6-11(8)7-14-5-4-12(13)9(2)10(14)3/h8-12H,4-7,13H2,1-3H3. The van der Waals surface area contributed by atoms with Crippen molar-refractivity contribution in [3.63, 3.8) is 0 Å². The van der Waals surface area contributed by atoms with Crippen molar-refractivity contribution in [2.24, 2.45) is 23.5 Å². The van der Waals surface area contributed by atoms with E-state index < -0.39 is 0 Å². The molecule has 1 heterocycles.